The molecule has 1 fully saturated rings. The molecule has 0 amide bonds. The Labute approximate surface area is 117 Å². The van der Waals surface area contributed by atoms with Crippen molar-refractivity contribution in [2.24, 2.45) is 5.92 Å². The summed E-state index contributed by atoms with van der Waals surface area (Å²) in [4.78, 5) is 0. The van der Waals surface area contributed by atoms with Gasteiger partial charge in [0.25, 0.3) is 0 Å². The Bertz CT molecular complexity index is 357. The third kappa shape index (κ3) is 4.08. The van der Waals surface area contributed by atoms with E-state index in [4.69, 9.17) is 4.74 Å². The Hall–Kier alpha value is -0.380. The number of benzene rings is 1. The maximum absolute atomic E-state index is 10.1. The minimum absolute atomic E-state index is 0.223. The zero-order chi connectivity index (χ0) is 13.0. The Balaban J connectivity index is 1.70. The second-order valence-electron chi connectivity index (χ2n) is 5.13. The highest BCUT2D eigenvalue weighted by atomic mass is 79.9. The number of rotatable bonds is 6. The number of ether oxygens (including phenoxy) is 1. The van der Waals surface area contributed by atoms with Crippen molar-refractivity contribution < 1.29 is 9.84 Å². The number of hydrogen-bond acceptors (Lipinski definition) is 2. The molecule has 0 bridgehead atoms. The molecule has 1 atom stereocenters. The molecule has 100 valence electrons. The molecule has 1 unspecified atom stereocenters. The molecule has 2 rings (SSSR count). The molecule has 1 aliphatic carbocycles. The Morgan fingerprint density at radius 2 is 2.00 bits per heavy atom. The standard InChI is InChI=1S/C15H21BrO2/c1-2-18-15-9-12(10-15)8-14(17)7-11-3-5-13(16)6-4-11/h3-6,12,14-15,17H,2,7-10H2,1H3. The van der Waals surface area contributed by atoms with Gasteiger partial charge >= 0.3 is 0 Å². The van der Waals surface area contributed by atoms with Crippen LogP contribution in [0, 0.1) is 5.92 Å². The van der Waals surface area contributed by atoms with E-state index >= 15 is 0 Å². The third-order valence-electron chi connectivity index (χ3n) is 3.58. The summed E-state index contributed by atoms with van der Waals surface area (Å²) in [6.45, 7) is 2.84. The summed E-state index contributed by atoms with van der Waals surface area (Å²) in [6, 6.07) is 8.18. The first-order valence-corrected chi connectivity index (χ1v) is 7.50. The Kier molecular flexibility index (Phi) is 5.22. The highest BCUT2D eigenvalue weighted by Crippen LogP contribution is 2.34. The highest BCUT2D eigenvalue weighted by Gasteiger charge is 2.30. The van der Waals surface area contributed by atoms with Crippen LogP contribution >= 0.6 is 15.9 Å². The van der Waals surface area contributed by atoms with Crippen molar-refractivity contribution in [3.05, 3.63) is 34.3 Å². The first-order chi connectivity index (χ1) is 8.67. The van der Waals surface area contributed by atoms with Crippen molar-refractivity contribution in [2.45, 2.75) is 44.8 Å². The van der Waals surface area contributed by atoms with Gasteiger partial charge in [0.2, 0.25) is 0 Å². The van der Waals surface area contributed by atoms with Gasteiger partial charge in [0, 0.05) is 11.1 Å². The van der Waals surface area contributed by atoms with Gasteiger partial charge in [-0.25, -0.2) is 0 Å². The zero-order valence-electron chi connectivity index (χ0n) is 10.8. The quantitative estimate of drug-likeness (QED) is 0.870. The Morgan fingerprint density at radius 3 is 2.61 bits per heavy atom. The summed E-state index contributed by atoms with van der Waals surface area (Å²) >= 11 is 3.42. The van der Waals surface area contributed by atoms with E-state index in [9.17, 15) is 5.11 Å². The normalized spacial score (nSPS) is 24.6. The van der Waals surface area contributed by atoms with E-state index in [-0.39, 0.29) is 6.10 Å². The van der Waals surface area contributed by atoms with E-state index in [0.29, 0.717) is 12.0 Å². The molecule has 1 aliphatic rings. The summed E-state index contributed by atoms with van der Waals surface area (Å²) in [5.41, 5.74) is 1.20. The molecule has 0 radical (unpaired) electrons. The molecule has 0 saturated heterocycles. The lowest BCUT2D eigenvalue weighted by Gasteiger charge is -2.36. The first-order valence-electron chi connectivity index (χ1n) is 6.71. The van der Waals surface area contributed by atoms with Crippen LogP contribution in [0.25, 0.3) is 0 Å². The molecule has 1 aromatic rings. The second-order valence-corrected chi connectivity index (χ2v) is 6.05. The topological polar surface area (TPSA) is 29.5 Å². The van der Waals surface area contributed by atoms with E-state index in [0.717, 1.165) is 36.8 Å². The summed E-state index contributed by atoms with van der Waals surface area (Å²) in [6.07, 6.45) is 4.11. The van der Waals surface area contributed by atoms with Crippen molar-refractivity contribution in [2.75, 3.05) is 6.61 Å². The molecule has 18 heavy (non-hydrogen) atoms. The first kappa shape index (κ1) is 14.0. The van der Waals surface area contributed by atoms with E-state index in [1.165, 1.54) is 5.56 Å². The lowest BCUT2D eigenvalue weighted by molar-refractivity contribution is -0.0375. The van der Waals surface area contributed by atoms with E-state index in [1.807, 2.05) is 19.1 Å². The van der Waals surface area contributed by atoms with Gasteiger partial charge in [-0.15, -0.1) is 0 Å². The minimum atomic E-state index is -0.223. The van der Waals surface area contributed by atoms with Crippen LogP contribution in [0.5, 0.6) is 0 Å². The fourth-order valence-electron chi connectivity index (χ4n) is 2.60. The maximum atomic E-state index is 10.1. The van der Waals surface area contributed by atoms with Gasteiger partial charge in [-0.2, -0.15) is 0 Å². The molecule has 2 nitrogen and oxygen atoms in total. The summed E-state index contributed by atoms with van der Waals surface area (Å²) in [5, 5.41) is 10.1. The molecule has 1 N–H and O–H groups in total. The lowest BCUT2D eigenvalue weighted by Crippen LogP contribution is -2.34. The van der Waals surface area contributed by atoms with Crippen LogP contribution in [-0.4, -0.2) is 23.9 Å². The van der Waals surface area contributed by atoms with Crippen molar-refractivity contribution in [3.8, 4) is 0 Å². The van der Waals surface area contributed by atoms with Gasteiger partial charge in [-0.3, -0.25) is 0 Å². The molecule has 0 aliphatic heterocycles. The van der Waals surface area contributed by atoms with Gasteiger partial charge < -0.3 is 9.84 Å². The molecule has 1 aromatic carbocycles. The van der Waals surface area contributed by atoms with Gasteiger partial charge in [-0.05, 0) is 56.2 Å². The summed E-state index contributed by atoms with van der Waals surface area (Å²) < 4.78 is 6.62. The predicted molar refractivity (Wildman–Crippen MR) is 76.6 cm³/mol. The lowest BCUT2D eigenvalue weighted by atomic mass is 9.78. The monoisotopic (exact) mass is 312 g/mol. The predicted octanol–water partition coefficient (Wildman–Crippen LogP) is 3.56. The van der Waals surface area contributed by atoms with Crippen LogP contribution in [0.1, 0.15) is 31.7 Å². The molecule has 3 heteroatoms. The molecule has 0 heterocycles. The molecule has 1 saturated carbocycles. The summed E-state index contributed by atoms with van der Waals surface area (Å²) in [5.74, 6) is 0.645. The van der Waals surface area contributed by atoms with E-state index < -0.39 is 0 Å². The van der Waals surface area contributed by atoms with Crippen molar-refractivity contribution in [1.82, 2.24) is 0 Å². The van der Waals surface area contributed by atoms with Crippen LogP contribution < -0.4 is 0 Å². The van der Waals surface area contributed by atoms with Crippen LogP contribution in [0.15, 0.2) is 28.7 Å². The number of aliphatic hydroxyl groups excluding tert-OH is 1. The average Bonchev–Trinajstić information content (AvgIpc) is 2.29. The SMILES string of the molecule is CCOC1CC(CC(O)Cc2ccc(Br)cc2)C1. The number of halogens is 1. The van der Waals surface area contributed by atoms with Crippen molar-refractivity contribution in [3.63, 3.8) is 0 Å². The number of hydrogen-bond donors (Lipinski definition) is 1. The fourth-order valence-corrected chi connectivity index (χ4v) is 2.86. The molecule has 0 aromatic heterocycles. The summed E-state index contributed by atoms with van der Waals surface area (Å²) in [7, 11) is 0. The highest BCUT2D eigenvalue weighted by molar-refractivity contribution is 9.10. The average molecular weight is 313 g/mol. The fraction of sp³-hybridized carbons (Fsp3) is 0.600. The second kappa shape index (κ2) is 6.69. The molecular formula is C15H21BrO2. The number of aliphatic hydroxyl groups is 1. The smallest absolute Gasteiger partial charge is 0.0583 e. The maximum Gasteiger partial charge on any atom is 0.0583 e. The minimum Gasteiger partial charge on any atom is -0.393 e. The van der Waals surface area contributed by atoms with Gasteiger partial charge in [-0.1, -0.05) is 28.1 Å². The zero-order valence-corrected chi connectivity index (χ0v) is 12.4. The third-order valence-corrected chi connectivity index (χ3v) is 4.11. The molecule has 0 spiro atoms. The van der Waals surface area contributed by atoms with Gasteiger partial charge in [0.05, 0.1) is 12.2 Å². The Morgan fingerprint density at radius 1 is 1.33 bits per heavy atom. The van der Waals surface area contributed by atoms with Crippen LogP contribution in [0.2, 0.25) is 0 Å². The van der Waals surface area contributed by atoms with Crippen LogP contribution in [0.4, 0.5) is 0 Å². The van der Waals surface area contributed by atoms with Crippen LogP contribution in [-0.2, 0) is 11.2 Å². The van der Waals surface area contributed by atoms with Gasteiger partial charge in [0.1, 0.15) is 0 Å². The largest absolute Gasteiger partial charge is 0.393 e. The van der Waals surface area contributed by atoms with E-state index in [2.05, 4.69) is 28.1 Å². The van der Waals surface area contributed by atoms with Crippen LogP contribution in [0.3, 0.4) is 0 Å². The molecular weight excluding hydrogens is 292 g/mol. The van der Waals surface area contributed by atoms with Gasteiger partial charge in [0.15, 0.2) is 0 Å². The van der Waals surface area contributed by atoms with Crippen molar-refractivity contribution >= 4 is 15.9 Å². The van der Waals surface area contributed by atoms with E-state index in [1.54, 1.807) is 0 Å². The van der Waals surface area contributed by atoms with Crippen molar-refractivity contribution in [1.29, 1.82) is 0 Å².